The van der Waals surface area contributed by atoms with Crippen molar-refractivity contribution in [2.45, 2.75) is 59.0 Å². The molecule has 1 saturated carbocycles. The quantitative estimate of drug-likeness (QED) is 0.844. The Morgan fingerprint density at radius 2 is 2.17 bits per heavy atom. The van der Waals surface area contributed by atoms with Crippen molar-refractivity contribution in [1.82, 2.24) is 5.32 Å². The molecule has 0 spiro atoms. The number of hydrogen-bond donors (Lipinski definition) is 1. The van der Waals surface area contributed by atoms with Gasteiger partial charge in [0.1, 0.15) is 0 Å². The van der Waals surface area contributed by atoms with E-state index in [1.54, 1.807) is 0 Å². The number of rotatable bonds is 3. The molecule has 1 unspecified atom stereocenters. The summed E-state index contributed by atoms with van der Waals surface area (Å²) < 4.78 is 1.21. The summed E-state index contributed by atoms with van der Waals surface area (Å²) in [4.78, 5) is 0. The van der Waals surface area contributed by atoms with E-state index in [1.807, 2.05) is 0 Å². The Morgan fingerprint density at radius 3 is 2.83 bits per heavy atom. The molecule has 18 heavy (non-hydrogen) atoms. The summed E-state index contributed by atoms with van der Waals surface area (Å²) in [6, 6.07) is 7.33. The summed E-state index contributed by atoms with van der Waals surface area (Å²) in [6.45, 7) is 7.90. The summed E-state index contributed by atoms with van der Waals surface area (Å²) in [7, 11) is 0. The third kappa shape index (κ3) is 3.83. The molecule has 1 fully saturated rings. The number of benzene rings is 1. The Hall–Kier alpha value is -0.340. The molecule has 1 atom stereocenters. The van der Waals surface area contributed by atoms with Crippen LogP contribution in [0.5, 0.6) is 0 Å². The van der Waals surface area contributed by atoms with E-state index in [0.29, 0.717) is 11.5 Å². The summed E-state index contributed by atoms with van der Waals surface area (Å²) >= 11 is 3.60. The maximum atomic E-state index is 3.72. The van der Waals surface area contributed by atoms with E-state index >= 15 is 0 Å². The topological polar surface area (TPSA) is 12.0 Å². The van der Waals surface area contributed by atoms with Crippen LogP contribution in [-0.2, 0) is 6.54 Å². The van der Waals surface area contributed by atoms with Gasteiger partial charge in [-0.2, -0.15) is 0 Å². The lowest BCUT2D eigenvalue weighted by Crippen LogP contribution is -2.36. The zero-order chi connectivity index (χ0) is 13.2. The Kier molecular flexibility index (Phi) is 4.50. The molecule has 1 aliphatic carbocycles. The lowest BCUT2D eigenvalue weighted by Gasteiger charge is -2.35. The largest absolute Gasteiger partial charge is 0.310 e. The first-order chi connectivity index (χ1) is 8.46. The molecule has 1 nitrogen and oxygen atoms in total. The van der Waals surface area contributed by atoms with Gasteiger partial charge in [-0.15, -0.1) is 0 Å². The van der Waals surface area contributed by atoms with Crippen LogP contribution in [0.25, 0.3) is 0 Å². The van der Waals surface area contributed by atoms with Crippen LogP contribution in [0.2, 0.25) is 0 Å². The van der Waals surface area contributed by atoms with E-state index in [4.69, 9.17) is 0 Å². The van der Waals surface area contributed by atoms with Gasteiger partial charge in [0.05, 0.1) is 0 Å². The van der Waals surface area contributed by atoms with Gasteiger partial charge >= 0.3 is 0 Å². The van der Waals surface area contributed by atoms with E-state index in [0.717, 1.165) is 6.54 Å². The van der Waals surface area contributed by atoms with Crippen LogP contribution < -0.4 is 5.32 Å². The monoisotopic (exact) mass is 309 g/mol. The lowest BCUT2D eigenvalue weighted by atomic mass is 9.75. The van der Waals surface area contributed by atoms with Crippen LogP contribution in [0.3, 0.4) is 0 Å². The van der Waals surface area contributed by atoms with Gasteiger partial charge in [0.2, 0.25) is 0 Å². The van der Waals surface area contributed by atoms with Gasteiger partial charge in [0.25, 0.3) is 0 Å². The second kappa shape index (κ2) is 5.75. The third-order valence-corrected chi connectivity index (χ3v) is 4.89. The molecule has 1 aromatic rings. The Morgan fingerprint density at radius 1 is 1.39 bits per heavy atom. The Bertz CT molecular complexity index is 412. The van der Waals surface area contributed by atoms with Crippen LogP contribution in [0.1, 0.15) is 50.7 Å². The summed E-state index contributed by atoms with van der Waals surface area (Å²) in [5.41, 5.74) is 3.19. The van der Waals surface area contributed by atoms with Gasteiger partial charge in [-0.3, -0.25) is 0 Å². The Labute approximate surface area is 119 Å². The fraction of sp³-hybridized carbons (Fsp3) is 0.625. The van der Waals surface area contributed by atoms with Crippen LogP contribution in [0.15, 0.2) is 22.7 Å². The molecule has 2 heteroatoms. The van der Waals surface area contributed by atoms with E-state index in [-0.39, 0.29) is 0 Å². The van der Waals surface area contributed by atoms with Crippen LogP contribution in [0, 0.1) is 12.3 Å². The first kappa shape index (κ1) is 14.1. The average molecular weight is 310 g/mol. The molecule has 0 bridgehead atoms. The van der Waals surface area contributed by atoms with Crippen molar-refractivity contribution in [3.63, 3.8) is 0 Å². The van der Waals surface area contributed by atoms with Crippen LogP contribution in [-0.4, -0.2) is 6.04 Å². The highest BCUT2D eigenvalue weighted by Crippen LogP contribution is 2.35. The van der Waals surface area contributed by atoms with Gasteiger partial charge in [-0.05, 0) is 48.8 Å². The molecule has 0 saturated heterocycles. The van der Waals surface area contributed by atoms with E-state index in [9.17, 15) is 0 Å². The summed E-state index contributed by atoms with van der Waals surface area (Å²) in [5, 5.41) is 3.72. The maximum Gasteiger partial charge on any atom is 0.0208 e. The van der Waals surface area contributed by atoms with Crippen LogP contribution >= 0.6 is 15.9 Å². The molecule has 0 amide bonds. The SMILES string of the molecule is Cc1ccc(CNC2CCCC(C)(C)C2)cc1Br. The normalized spacial score (nSPS) is 23.0. The van der Waals surface area contributed by atoms with Crippen molar-refractivity contribution in [2.24, 2.45) is 5.41 Å². The smallest absolute Gasteiger partial charge is 0.0208 e. The molecule has 1 aliphatic rings. The average Bonchev–Trinajstić information content (AvgIpc) is 2.29. The van der Waals surface area contributed by atoms with Crippen LogP contribution in [0.4, 0.5) is 0 Å². The molecule has 1 N–H and O–H groups in total. The van der Waals surface area contributed by atoms with Crippen molar-refractivity contribution in [3.05, 3.63) is 33.8 Å². The molecule has 100 valence electrons. The second-order valence-electron chi connectivity index (χ2n) is 6.42. The van der Waals surface area contributed by atoms with Gasteiger partial charge in [-0.25, -0.2) is 0 Å². The highest BCUT2D eigenvalue weighted by Gasteiger charge is 2.27. The molecular formula is C16H24BrN. The standard InChI is InChI=1S/C16H24BrN/c1-12-6-7-13(9-15(12)17)11-18-14-5-4-8-16(2,3)10-14/h6-7,9,14,18H,4-5,8,10-11H2,1-3H3. The second-order valence-corrected chi connectivity index (χ2v) is 7.28. The zero-order valence-electron chi connectivity index (χ0n) is 11.7. The fourth-order valence-corrected chi connectivity index (χ4v) is 3.31. The summed E-state index contributed by atoms with van der Waals surface area (Å²) in [5.74, 6) is 0. The lowest BCUT2D eigenvalue weighted by molar-refractivity contribution is 0.198. The van der Waals surface area contributed by atoms with Gasteiger partial charge in [-0.1, -0.05) is 48.3 Å². The number of aryl methyl sites for hydroxylation is 1. The Balaban J connectivity index is 1.89. The highest BCUT2D eigenvalue weighted by atomic mass is 79.9. The molecule has 0 heterocycles. The summed E-state index contributed by atoms with van der Waals surface area (Å²) in [6.07, 6.45) is 5.38. The number of hydrogen-bond acceptors (Lipinski definition) is 1. The third-order valence-electron chi connectivity index (χ3n) is 4.04. The molecular weight excluding hydrogens is 286 g/mol. The van der Waals surface area contributed by atoms with Gasteiger partial charge in [0.15, 0.2) is 0 Å². The van der Waals surface area contributed by atoms with E-state index in [2.05, 4.69) is 60.2 Å². The minimum Gasteiger partial charge on any atom is -0.310 e. The van der Waals surface area contributed by atoms with E-state index < -0.39 is 0 Å². The van der Waals surface area contributed by atoms with Crippen molar-refractivity contribution < 1.29 is 0 Å². The van der Waals surface area contributed by atoms with Gasteiger partial charge in [0, 0.05) is 17.1 Å². The predicted octanol–water partition coefficient (Wildman–Crippen LogP) is 4.82. The van der Waals surface area contributed by atoms with Crippen molar-refractivity contribution in [3.8, 4) is 0 Å². The number of halogens is 1. The molecule has 0 aromatic heterocycles. The minimum absolute atomic E-state index is 0.518. The van der Waals surface area contributed by atoms with Crippen molar-refractivity contribution in [1.29, 1.82) is 0 Å². The molecule has 0 radical (unpaired) electrons. The van der Waals surface area contributed by atoms with E-state index in [1.165, 1.54) is 41.3 Å². The molecule has 1 aromatic carbocycles. The molecule has 2 rings (SSSR count). The number of nitrogens with one attached hydrogen (secondary N) is 1. The fourth-order valence-electron chi connectivity index (χ4n) is 2.88. The highest BCUT2D eigenvalue weighted by molar-refractivity contribution is 9.10. The maximum absolute atomic E-state index is 3.72. The van der Waals surface area contributed by atoms with Gasteiger partial charge < -0.3 is 5.32 Å². The van der Waals surface area contributed by atoms with Crippen molar-refractivity contribution in [2.75, 3.05) is 0 Å². The molecule has 0 aliphatic heterocycles. The first-order valence-electron chi connectivity index (χ1n) is 6.95. The zero-order valence-corrected chi connectivity index (χ0v) is 13.3. The first-order valence-corrected chi connectivity index (χ1v) is 7.74. The minimum atomic E-state index is 0.518. The van der Waals surface area contributed by atoms with Crippen molar-refractivity contribution >= 4 is 15.9 Å². The predicted molar refractivity (Wildman–Crippen MR) is 81.8 cm³/mol.